The lowest BCUT2D eigenvalue weighted by atomic mass is 9.78. The summed E-state index contributed by atoms with van der Waals surface area (Å²) < 4.78 is 0. The zero-order chi connectivity index (χ0) is 12.5. The van der Waals surface area contributed by atoms with E-state index in [0.717, 1.165) is 17.4 Å². The topological polar surface area (TPSA) is 98.2 Å². The highest BCUT2D eigenvalue weighted by Gasteiger charge is 2.35. The number of benzene rings is 1. The first-order chi connectivity index (χ1) is 8.04. The van der Waals surface area contributed by atoms with Crippen molar-refractivity contribution in [2.45, 2.75) is 24.8 Å². The smallest absolute Gasteiger partial charge is 0.312 e. The molecule has 0 heterocycles. The highest BCUT2D eigenvalue weighted by Crippen LogP contribution is 2.28. The molecule has 1 aliphatic rings. The second-order valence-corrected chi connectivity index (χ2v) is 4.47. The van der Waals surface area contributed by atoms with E-state index in [-0.39, 0.29) is 0 Å². The first-order valence-corrected chi connectivity index (χ1v) is 5.46. The number of nitrogen functional groups attached to an aromatic ring is 1. The van der Waals surface area contributed by atoms with Gasteiger partial charge in [-0.15, -0.1) is 0 Å². The Bertz CT molecular complexity index is 473. The number of aryl methyl sites for hydroxylation is 1. The van der Waals surface area contributed by atoms with Crippen molar-refractivity contribution < 1.29 is 9.59 Å². The Morgan fingerprint density at radius 3 is 2.82 bits per heavy atom. The van der Waals surface area contributed by atoms with Gasteiger partial charge in [-0.05, 0) is 36.1 Å². The van der Waals surface area contributed by atoms with E-state index in [1.54, 1.807) is 6.07 Å². The lowest BCUT2D eigenvalue weighted by Gasteiger charge is -2.33. The summed E-state index contributed by atoms with van der Waals surface area (Å²) in [5.41, 5.74) is 12.8. The van der Waals surface area contributed by atoms with Crippen LogP contribution in [-0.4, -0.2) is 17.9 Å². The third-order valence-corrected chi connectivity index (χ3v) is 3.17. The monoisotopic (exact) mass is 233 g/mol. The predicted molar refractivity (Wildman–Crippen MR) is 64.4 cm³/mol. The maximum absolute atomic E-state index is 11.2. The van der Waals surface area contributed by atoms with Crippen LogP contribution in [0.5, 0.6) is 0 Å². The number of anilines is 1. The largest absolute Gasteiger partial charge is 0.399 e. The zero-order valence-electron chi connectivity index (χ0n) is 9.40. The molecule has 1 aliphatic carbocycles. The zero-order valence-corrected chi connectivity index (χ0v) is 9.40. The number of rotatable bonds is 2. The molecule has 0 radical (unpaired) electrons. The fraction of sp³-hybridized carbons (Fsp3) is 0.333. The lowest BCUT2D eigenvalue weighted by Crippen LogP contribution is -2.55. The Morgan fingerprint density at radius 1 is 1.41 bits per heavy atom. The highest BCUT2D eigenvalue weighted by molar-refractivity contribution is 5.79. The molecular weight excluding hydrogens is 218 g/mol. The fourth-order valence-corrected chi connectivity index (χ4v) is 2.32. The predicted octanol–water partition coefficient (Wildman–Crippen LogP) is 0.364. The second-order valence-electron chi connectivity index (χ2n) is 4.47. The molecule has 17 heavy (non-hydrogen) atoms. The van der Waals surface area contributed by atoms with E-state index >= 15 is 0 Å². The molecule has 0 spiro atoms. The van der Waals surface area contributed by atoms with Crippen LogP contribution >= 0.6 is 0 Å². The summed E-state index contributed by atoms with van der Waals surface area (Å²) in [4.78, 5) is 22.1. The first-order valence-electron chi connectivity index (χ1n) is 5.46. The summed E-state index contributed by atoms with van der Waals surface area (Å²) in [6.45, 7) is 0. The number of nitrogens with two attached hydrogens (primary N) is 2. The number of aldehydes is 1. The Kier molecular flexibility index (Phi) is 2.75. The van der Waals surface area contributed by atoms with Gasteiger partial charge in [0.2, 0.25) is 0 Å². The molecule has 1 aromatic rings. The van der Waals surface area contributed by atoms with Crippen molar-refractivity contribution in [3.05, 3.63) is 29.3 Å². The van der Waals surface area contributed by atoms with Crippen LogP contribution in [-0.2, 0) is 17.6 Å². The molecule has 90 valence electrons. The number of urea groups is 1. The van der Waals surface area contributed by atoms with E-state index in [1.807, 2.05) is 12.1 Å². The second kappa shape index (κ2) is 4.08. The van der Waals surface area contributed by atoms with Crippen molar-refractivity contribution in [2.24, 2.45) is 5.73 Å². The summed E-state index contributed by atoms with van der Waals surface area (Å²) in [7, 11) is 0. The van der Waals surface area contributed by atoms with Crippen LogP contribution in [0, 0.1) is 0 Å². The number of amides is 2. The Balaban J connectivity index is 2.30. The Labute approximate surface area is 99.2 Å². The minimum atomic E-state index is -0.866. The Morgan fingerprint density at radius 2 is 2.18 bits per heavy atom. The molecule has 0 bridgehead atoms. The van der Waals surface area contributed by atoms with Gasteiger partial charge in [-0.3, -0.25) is 0 Å². The number of nitrogens with one attached hydrogen (secondary N) is 1. The molecule has 5 nitrogen and oxygen atoms in total. The highest BCUT2D eigenvalue weighted by atomic mass is 16.2. The molecule has 0 fully saturated rings. The molecule has 0 saturated heterocycles. The lowest BCUT2D eigenvalue weighted by molar-refractivity contribution is -0.113. The number of carbonyl (C=O) groups excluding carboxylic acids is 2. The molecule has 1 unspecified atom stereocenters. The SMILES string of the molecule is NC(=O)NC1(C=O)CCc2cc(N)ccc2C1. The quantitative estimate of drug-likeness (QED) is 0.508. The van der Waals surface area contributed by atoms with Crippen LogP contribution in [0.3, 0.4) is 0 Å². The van der Waals surface area contributed by atoms with Crippen molar-refractivity contribution in [3.63, 3.8) is 0 Å². The molecular formula is C12H15N3O2. The van der Waals surface area contributed by atoms with Crippen LogP contribution in [0.1, 0.15) is 17.5 Å². The fourth-order valence-electron chi connectivity index (χ4n) is 2.32. The average molecular weight is 233 g/mol. The summed E-state index contributed by atoms with van der Waals surface area (Å²) >= 11 is 0. The van der Waals surface area contributed by atoms with Gasteiger partial charge in [0.25, 0.3) is 0 Å². The Hall–Kier alpha value is -2.04. The van der Waals surface area contributed by atoms with Gasteiger partial charge in [-0.25, -0.2) is 4.79 Å². The molecule has 0 aromatic heterocycles. The van der Waals surface area contributed by atoms with Gasteiger partial charge >= 0.3 is 6.03 Å². The maximum Gasteiger partial charge on any atom is 0.312 e. The van der Waals surface area contributed by atoms with E-state index in [9.17, 15) is 9.59 Å². The van der Waals surface area contributed by atoms with Crippen molar-refractivity contribution in [1.29, 1.82) is 0 Å². The summed E-state index contributed by atoms with van der Waals surface area (Å²) in [5.74, 6) is 0. The van der Waals surface area contributed by atoms with Crippen molar-refractivity contribution in [1.82, 2.24) is 5.32 Å². The normalized spacial score (nSPS) is 22.6. The maximum atomic E-state index is 11.2. The van der Waals surface area contributed by atoms with E-state index in [1.165, 1.54) is 0 Å². The van der Waals surface area contributed by atoms with Gasteiger partial charge in [0.05, 0.1) is 0 Å². The van der Waals surface area contributed by atoms with Gasteiger partial charge in [0, 0.05) is 12.1 Å². The van der Waals surface area contributed by atoms with Crippen LogP contribution in [0.25, 0.3) is 0 Å². The van der Waals surface area contributed by atoms with E-state index < -0.39 is 11.6 Å². The molecule has 1 aromatic carbocycles. The summed E-state index contributed by atoms with van der Waals surface area (Å²) in [6.07, 6.45) is 2.50. The minimum absolute atomic E-state index is 0.467. The molecule has 2 rings (SSSR count). The molecule has 1 atom stereocenters. The minimum Gasteiger partial charge on any atom is -0.399 e. The molecule has 0 saturated carbocycles. The van der Waals surface area contributed by atoms with E-state index in [0.29, 0.717) is 24.9 Å². The van der Waals surface area contributed by atoms with E-state index in [2.05, 4.69) is 5.32 Å². The van der Waals surface area contributed by atoms with Gasteiger partial charge in [0.15, 0.2) is 0 Å². The average Bonchev–Trinajstić information content (AvgIpc) is 2.29. The number of fused-ring (bicyclic) bond motifs is 1. The number of carbonyl (C=O) groups is 2. The number of hydrogen-bond acceptors (Lipinski definition) is 3. The van der Waals surface area contributed by atoms with Gasteiger partial charge in [-0.2, -0.15) is 0 Å². The van der Waals surface area contributed by atoms with Gasteiger partial charge in [0.1, 0.15) is 11.8 Å². The van der Waals surface area contributed by atoms with Crippen molar-refractivity contribution in [2.75, 3.05) is 5.73 Å². The third kappa shape index (κ3) is 2.22. The van der Waals surface area contributed by atoms with Gasteiger partial charge < -0.3 is 21.6 Å². The third-order valence-electron chi connectivity index (χ3n) is 3.17. The first kappa shape index (κ1) is 11.4. The van der Waals surface area contributed by atoms with E-state index in [4.69, 9.17) is 11.5 Å². The molecule has 5 heteroatoms. The number of primary amides is 1. The van der Waals surface area contributed by atoms with Crippen LogP contribution in [0.15, 0.2) is 18.2 Å². The molecule has 0 aliphatic heterocycles. The standard InChI is InChI=1S/C12H15N3O2/c13-10-2-1-9-6-12(7-16,15-11(14)17)4-3-8(9)5-10/h1-2,5,7H,3-4,6,13H2,(H3,14,15,17). The van der Waals surface area contributed by atoms with Crippen molar-refractivity contribution in [3.8, 4) is 0 Å². The van der Waals surface area contributed by atoms with Crippen molar-refractivity contribution >= 4 is 18.0 Å². The molecule has 2 amide bonds. The van der Waals surface area contributed by atoms with Crippen LogP contribution < -0.4 is 16.8 Å². The number of hydrogen-bond donors (Lipinski definition) is 3. The van der Waals surface area contributed by atoms with Crippen LogP contribution in [0.4, 0.5) is 10.5 Å². The summed E-state index contributed by atoms with van der Waals surface area (Å²) in [5, 5.41) is 2.54. The summed E-state index contributed by atoms with van der Waals surface area (Å²) in [6, 6.07) is 4.93. The molecule has 5 N–H and O–H groups in total. The van der Waals surface area contributed by atoms with Crippen LogP contribution in [0.2, 0.25) is 0 Å². The van der Waals surface area contributed by atoms with Gasteiger partial charge in [-0.1, -0.05) is 6.07 Å².